The predicted octanol–water partition coefficient (Wildman–Crippen LogP) is 2.45. The molecule has 9 heteroatoms. The average molecular weight is 454 g/mol. The third-order valence-electron chi connectivity index (χ3n) is 6.82. The van der Waals surface area contributed by atoms with Crippen LogP contribution in [0.3, 0.4) is 0 Å². The van der Waals surface area contributed by atoms with Gasteiger partial charge in [0.05, 0.1) is 16.3 Å². The average Bonchev–Trinajstić information content (AvgIpc) is 3.14. The molecule has 2 bridgehead atoms. The number of hydrogen-bond donors (Lipinski definition) is 3. The van der Waals surface area contributed by atoms with Crippen molar-refractivity contribution in [3.05, 3.63) is 29.0 Å². The molecule has 0 spiro atoms. The van der Waals surface area contributed by atoms with Crippen molar-refractivity contribution in [3.8, 4) is 5.75 Å². The second-order valence-electron chi connectivity index (χ2n) is 9.17. The van der Waals surface area contributed by atoms with E-state index in [0.717, 1.165) is 38.3 Å². The molecule has 30 heavy (non-hydrogen) atoms. The lowest BCUT2D eigenvalue weighted by atomic mass is 9.44. The summed E-state index contributed by atoms with van der Waals surface area (Å²) in [7, 11) is 0. The van der Waals surface area contributed by atoms with Crippen LogP contribution in [0.25, 0.3) is 0 Å². The first-order valence-electron chi connectivity index (χ1n) is 10.4. The predicted molar refractivity (Wildman–Crippen MR) is 113 cm³/mol. The SMILES string of the molecule is O=C(COc1ccc(Cl)c(F)c1)NC12CC(NC(=O)C3CNC4SCCC4C3)(C1)C2. The van der Waals surface area contributed by atoms with Crippen LogP contribution in [0.2, 0.25) is 5.02 Å². The third kappa shape index (κ3) is 3.78. The zero-order valence-electron chi connectivity index (χ0n) is 16.5. The number of rotatable bonds is 6. The topological polar surface area (TPSA) is 79.5 Å². The molecule has 1 aromatic carbocycles. The third-order valence-corrected chi connectivity index (χ3v) is 8.51. The van der Waals surface area contributed by atoms with Crippen LogP contribution in [0.1, 0.15) is 32.1 Å². The van der Waals surface area contributed by atoms with Gasteiger partial charge in [-0.25, -0.2) is 4.39 Å². The Balaban J connectivity index is 1.05. The number of fused-ring (bicyclic) bond motifs is 1. The monoisotopic (exact) mass is 453 g/mol. The van der Waals surface area contributed by atoms with E-state index in [2.05, 4.69) is 16.0 Å². The summed E-state index contributed by atoms with van der Waals surface area (Å²) in [6.07, 6.45) is 4.44. The fourth-order valence-electron chi connectivity index (χ4n) is 5.47. The van der Waals surface area contributed by atoms with Crippen LogP contribution in [0.4, 0.5) is 4.39 Å². The highest BCUT2D eigenvalue weighted by atomic mass is 35.5. The molecule has 3 aliphatic carbocycles. The van der Waals surface area contributed by atoms with E-state index in [9.17, 15) is 14.0 Å². The van der Waals surface area contributed by atoms with Crippen LogP contribution >= 0.6 is 23.4 Å². The van der Waals surface area contributed by atoms with Gasteiger partial charge < -0.3 is 20.7 Å². The molecule has 3 unspecified atom stereocenters. The molecule has 2 saturated heterocycles. The standard InChI is InChI=1S/C21H25ClFN3O3S/c22-15-2-1-14(6-16(15)23)29-8-17(27)25-20-9-21(10-20,11-20)26-18(28)13-5-12-3-4-30-19(12)24-7-13/h1-2,6,12-13,19,24H,3-5,7-11H2,(H,25,27)(H,26,28). The van der Waals surface area contributed by atoms with Crippen LogP contribution in [0.15, 0.2) is 18.2 Å². The summed E-state index contributed by atoms with van der Waals surface area (Å²) in [5.41, 5.74) is -0.400. The van der Waals surface area contributed by atoms with Crippen molar-refractivity contribution in [2.45, 2.75) is 48.6 Å². The number of ether oxygens (including phenoxy) is 1. The molecule has 2 amide bonds. The molecule has 3 atom stereocenters. The summed E-state index contributed by atoms with van der Waals surface area (Å²) in [6.45, 7) is 0.567. The zero-order valence-corrected chi connectivity index (χ0v) is 18.1. The number of piperidine rings is 1. The second-order valence-corrected chi connectivity index (χ2v) is 10.8. The van der Waals surface area contributed by atoms with Crippen LogP contribution in [0, 0.1) is 17.7 Å². The summed E-state index contributed by atoms with van der Waals surface area (Å²) in [6, 6.07) is 4.08. The van der Waals surface area contributed by atoms with E-state index in [4.69, 9.17) is 16.3 Å². The van der Waals surface area contributed by atoms with Crippen LogP contribution in [0.5, 0.6) is 5.75 Å². The number of benzene rings is 1. The molecule has 3 saturated carbocycles. The first-order valence-corrected chi connectivity index (χ1v) is 11.8. The molecule has 6 rings (SSSR count). The van der Waals surface area contributed by atoms with Gasteiger partial charge in [0.25, 0.3) is 5.91 Å². The Labute approximate surface area is 184 Å². The highest BCUT2D eigenvalue weighted by Crippen LogP contribution is 2.60. The summed E-state index contributed by atoms with van der Waals surface area (Å²) in [4.78, 5) is 25.0. The number of thioether (sulfide) groups is 1. The fraction of sp³-hybridized carbons (Fsp3) is 0.619. The van der Waals surface area contributed by atoms with E-state index >= 15 is 0 Å². The number of nitrogens with one attached hydrogen (secondary N) is 3. The maximum atomic E-state index is 13.4. The molecule has 2 aliphatic heterocycles. The zero-order chi connectivity index (χ0) is 20.9. The smallest absolute Gasteiger partial charge is 0.258 e. The Morgan fingerprint density at radius 2 is 2.03 bits per heavy atom. The Bertz CT molecular complexity index is 865. The minimum Gasteiger partial charge on any atom is -0.484 e. The van der Waals surface area contributed by atoms with Crippen molar-refractivity contribution in [3.63, 3.8) is 0 Å². The maximum absolute atomic E-state index is 13.4. The Morgan fingerprint density at radius 3 is 2.80 bits per heavy atom. The van der Waals surface area contributed by atoms with Gasteiger partial charge >= 0.3 is 0 Å². The Morgan fingerprint density at radius 1 is 1.27 bits per heavy atom. The van der Waals surface area contributed by atoms with Gasteiger partial charge in [-0.3, -0.25) is 9.59 Å². The van der Waals surface area contributed by atoms with E-state index in [1.807, 2.05) is 11.8 Å². The van der Waals surface area contributed by atoms with Crippen molar-refractivity contribution in [1.29, 1.82) is 0 Å². The van der Waals surface area contributed by atoms with E-state index in [-0.39, 0.29) is 46.2 Å². The number of amides is 2. The molecule has 6 nitrogen and oxygen atoms in total. The van der Waals surface area contributed by atoms with Crippen molar-refractivity contribution in [2.75, 3.05) is 18.9 Å². The number of carbonyl (C=O) groups excluding carboxylic acids is 2. The van der Waals surface area contributed by atoms with Gasteiger partial charge in [-0.05, 0) is 55.9 Å². The molecule has 2 heterocycles. The lowest BCUT2D eigenvalue weighted by Gasteiger charge is -2.70. The fourth-order valence-corrected chi connectivity index (χ4v) is 7.02. The van der Waals surface area contributed by atoms with Crippen molar-refractivity contribution < 1.29 is 18.7 Å². The highest BCUT2D eigenvalue weighted by Gasteiger charge is 2.69. The minimum absolute atomic E-state index is 0.0129. The first kappa shape index (κ1) is 20.4. The largest absolute Gasteiger partial charge is 0.484 e. The molecule has 1 aromatic rings. The van der Waals surface area contributed by atoms with Gasteiger partial charge in [-0.15, -0.1) is 11.8 Å². The molecule has 5 fully saturated rings. The lowest BCUT2D eigenvalue weighted by Crippen LogP contribution is -2.84. The molecular weight excluding hydrogens is 429 g/mol. The second kappa shape index (κ2) is 7.57. The molecular formula is C21H25ClFN3O3S. The Kier molecular flexibility index (Phi) is 5.14. The quantitative estimate of drug-likeness (QED) is 0.616. The van der Waals surface area contributed by atoms with Crippen LogP contribution in [-0.4, -0.2) is 47.2 Å². The van der Waals surface area contributed by atoms with E-state index in [1.165, 1.54) is 24.3 Å². The lowest BCUT2D eigenvalue weighted by molar-refractivity contribution is -0.152. The molecule has 3 N–H and O–H groups in total. The van der Waals surface area contributed by atoms with E-state index in [1.54, 1.807) is 0 Å². The molecule has 0 aromatic heterocycles. The summed E-state index contributed by atoms with van der Waals surface area (Å²) >= 11 is 7.61. The van der Waals surface area contributed by atoms with Gasteiger partial charge in [0.15, 0.2) is 6.61 Å². The Hall–Kier alpha value is -1.51. The van der Waals surface area contributed by atoms with Crippen LogP contribution in [-0.2, 0) is 9.59 Å². The van der Waals surface area contributed by atoms with Gasteiger partial charge in [-0.1, -0.05) is 11.6 Å². The van der Waals surface area contributed by atoms with Gasteiger partial charge in [0.1, 0.15) is 11.6 Å². The van der Waals surface area contributed by atoms with E-state index in [0.29, 0.717) is 11.3 Å². The van der Waals surface area contributed by atoms with Gasteiger partial charge in [0, 0.05) is 23.7 Å². The number of carbonyl (C=O) groups is 2. The number of halogens is 2. The molecule has 162 valence electrons. The summed E-state index contributed by atoms with van der Waals surface area (Å²) < 4.78 is 18.8. The molecule has 0 radical (unpaired) electrons. The first-order chi connectivity index (χ1) is 14.4. The summed E-state index contributed by atoms with van der Waals surface area (Å²) in [5.74, 6) is 1.40. The van der Waals surface area contributed by atoms with Crippen molar-refractivity contribution in [2.24, 2.45) is 11.8 Å². The highest BCUT2D eigenvalue weighted by molar-refractivity contribution is 8.00. The van der Waals surface area contributed by atoms with Crippen molar-refractivity contribution in [1.82, 2.24) is 16.0 Å². The molecule has 5 aliphatic rings. The number of hydrogen-bond acceptors (Lipinski definition) is 5. The van der Waals surface area contributed by atoms with Gasteiger partial charge in [-0.2, -0.15) is 0 Å². The summed E-state index contributed by atoms with van der Waals surface area (Å²) in [5, 5.41) is 10.3. The minimum atomic E-state index is -0.581. The maximum Gasteiger partial charge on any atom is 0.258 e. The van der Waals surface area contributed by atoms with Gasteiger partial charge in [0.2, 0.25) is 5.91 Å². The normalized spacial score (nSPS) is 36.1. The van der Waals surface area contributed by atoms with E-state index < -0.39 is 5.82 Å². The van der Waals surface area contributed by atoms with Crippen molar-refractivity contribution >= 4 is 35.2 Å². The van der Waals surface area contributed by atoms with Crippen LogP contribution < -0.4 is 20.7 Å².